The Balaban J connectivity index is 2.62. The van der Waals surface area contributed by atoms with Gasteiger partial charge in [-0.2, -0.15) is 4.57 Å². The second-order valence-corrected chi connectivity index (χ2v) is 4.58. The second-order valence-electron chi connectivity index (χ2n) is 3.41. The molecule has 0 aliphatic carbocycles. The average Bonchev–Trinajstić information content (AvgIpc) is 2.65. The van der Waals surface area contributed by atoms with Crippen molar-refractivity contribution in [2.75, 3.05) is 0 Å². The summed E-state index contributed by atoms with van der Waals surface area (Å²) >= 11 is 1.70. The van der Waals surface area contributed by atoms with Crippen LogP contribution in [-0.4, -0.2) is 0 Å². The van der Waals surface area contributed by atoms with Crippen molar-refractivity contribution >= 4 is 32.7 Å². The first-order valence-electron chi connectivity index (χ1n) is 4.54. The maximum absolute atomic E-state index is 5.75. The average molecular weight is 204 g/mol. The van der Waals surface area contributed by atoms with Crippen molar-refractivity contribution in [3.8, 4) is 0 Å². The number of furan rings is 1. The zero-order valence-corrected chi connectivity index (χ0v) is 8.89. The SMILES string of the molecule is Cc1sc2oc3ccccc3c2[n+]1C. The maximum Gasteiger partial charge on any atom is 0.270 e. The lowest BCUT2D eigenvalue weighted by Crippen LogP contribution is -2.28. The van der Waals surface area contributed by atoms with Crippen LogP contribution in [0.15, 0.2) is 28.7 Å². The molecule has 14 heavy (non-hydrogen) atoms. The first kappa shape index (κ1) is 8.00. The molecule has 70 valence electrons. The van der Waals surface area contributed by atoms with Crippen LogP contribution < -0.4 is 4.57 Å². The van der Waals surface area contributed by atoms with E-state index in [0.29, 0.717) is 0 Å². The van der Waals surface area contributed by atoms with Gasteiger partial charge in [-0.1, -0.05) is 12.1 Å². The Labute approximate surface area is 85.4 Å². The van der Waals surface area contributed by atoms with Crippen molar-refractivity contribution in [1.29, 1.82) is 0 Å². The van der Waals surface area contributed by atoms with Crippen LogP contribution in [0.4, 0.5) is 0 Å². The summed E-state index contributed by atoms with van der Waals surface area (Å²) in [6.45, 7) is 2.11. The minimum Gasteiger partial charge on any atom is -0.439 e. The molecule has 0 atom stereocenters. The van der Waals surface area contributed by atoms with Crippen LogP contribution in [0.3, 0.4) is 0 Å². The molecule has 3 heteroatoms. The van der Waals surface area contributed by atoms with E-state index in [1.54, 1.807) is 11.3 Å². The highest BCUT2D eigenvalue weighted by Crippen LogP contribution is 2.30. The summed E-state index contributed by atoms with van der Waals surface area (Å²) in [4.78, 5) is 1.02. The quantitative estimate of drug-likeness (QED) is 0.515. The van der Waals surface area contributed by atoms with Crippen LogP contribution in [0.1, 0.15) is 5.01 Å². The number of aromatic nitrogens is 1. The van der Waals surface area contributed by atoms with Crippen LogP contribution in [0.5, 0.6) is 0 Å². The van der Waals surface area contributed by atoms with E-state index >= 15 is 0 Å². The molecule has 2 nitrogen and oxygen atoms in total. The van der Waals surface area contributed by atoms with Crippen LogP contribution in [0.2, 0.25) is 0 Å². The van der Waals surface area contributed by atoms with Gasteiger partial charge in [0.2, 0.25) is 5.01 Å². The third-order valence-electron chi connectivity index (χ3n) is 2.59. The lowest BCUT2D eigenvalue weighted by Gasteiger charge is -1.85. The Kier molecular flexibility index (Phi) is 1.47. The van der Waals surface area contributed by atoms with Gasteiger partial charge in [0.05, 0.1) is 5.39 Å². The van der Waals surface area contributed by atoms with Gasteiger partial charge in [-0.05, 0) is 23.5 Å². The molecule has 0 amide bonds. The Hall–Kier alpha value is -1.35. The van der Waals surface area contributed by atoms with E-state index in [-0.39, 0.29) is 0 Å². The molecule has 1 aromatic carbocycles. The molecular weight excluding hydrogens is 194 g/mol. The van der Waals surface area contributed by atoms with Crippen molar-refractivity contribution in [2.24, 2.45) is 7.05 Å². The Bertz CT molecular complexity index is 621. The summed E-state index contributed by atoms with van der Waals surface area (Å²) in [7, 11) is 2.08. The van der Waals surface area contributed by atoms with E-state index in [0.717, 1.165) is 10.5 Å². The van der Waals surface area contributed by atoms with Gasteiger partial charge in [-0.3, -0.25) is 0 Å². The van der Waals surface area contributed by atoms with Gasteiger partial charge in [-0.25, -0.2) is 0 Å². The highest BCUT2D eigenvalue weighted by molar-refractivity contribution is 7.17. The van der Waals surface area contributed by atoms with E-state index in [1.165, 1.54) is 15.9 Å². The fourth-order valence-electron chi connectivity index (χ4n) is 1.76. The third kappa shape index (κ3) is 0.876. The molecule has 0 spiro atoms. The van der Waals surface area contributed by atoms with Gasteiger partial charge in [0.15, 0.2) is 0 Å². The molecule has 3 rings (SSSR count). The third-order valence-corrected chi connectivity index (χ3v) is 3.62. The predicted octanol–water partition coefficient (Wildman–Crippen LogP) is 2.78. The maximum atomic E-state index is 5.75. The van der Waals surface area contributed by atoms with Gasteiger partial charge in [0.25, 0.3) is 10.4 Å². The number of para-hydroxylation sites is 1. The highest BCUT2D eigenvalue weighted by Gasteiger charge is 2.20. The fraction of sp³-hybridized carbons (Fsp3) is 0.182. The van der Waals surface area contributed by atoms with Gasteiger partial charge in [0, 0.05) is 6.92 Å². The zero-order chi connectivity index (χ0) is 9.71. The summed E-state index contributed by atoms with van der Waals surface area (Å²) in [5, 5.41) is 2.47. The molecule has 0 N–H and O–H groups in total. The summed E-state index contributed by atoms with van der Waals surface area (Å²) in [6, 6.07) is 8.16. The lowest BCUT2D eigenvalue weighted by atomic mass is 10.2. The number of thiazole rings is 1. The largest absolute Gasteiger partial charge is 0.439 e. The summed E-state index contributed by atoms with van der Waals surface area (Å²) in [5.74, 6) is 0. The number of benzene rings is 1. The smallest absolute Gasteiger partial charge is 0.270 e. The van der Waals surface area contributed by atoms with E-state index in [2.05, 4.69) is 24.6 Å². The Morgan fingerprint density at radius 2 is 2.07 bits per heavy atom. The number of hydrogen-bond acceptors (Lipinski definition) is 2. The van der Waals surface area contributed by atoms with Crippen molar-refractivity contribution < 1.29 is 8.98 Å². The lowest BCUT2D eigenvalue weighted by molar-refractivity contribution is -0.645. The monoisotopic (exact) mass is 204 g/mol. The first-order valence-corrected chi connectivity index (χ1v) is 5.35. The number of nitrogens with zero attached hydrogens (tertiary/aromatic N) is 1. The van der Waals surface area contributed by atoms with E-state index < -0.39 is 0 Å². The molecule has 0 radical (unpaired) electrons. The molecule has 3 aromatic rings. The normalized spacial score (nSPS) is 11.6. The van der Waals surface area contributed by atoms with E-state index in [4.69, 9.17) is 4.42 Å². The Morgan fingerprint density at radius 3 is 2.93 bits per heavy atom. The Morgan fingerprint density at radius 1 is 1.29 bits per heavy atom. The topological polar surface area (TPSA) is 17.0 Å². The van der Waals surface area contributed by atoms with Crippen LogP contribution >= 0.6 is 11.3 Å². The zero-order valence-electron chi connectivity index (χ0n) is 8.07. The standard InChI is InChI=1S/C11H10NOS/c1-7-12(2)10-8-5-3-4-6-9(8)13-11(10)14-7/h3-6H,1-2H3/q+1. The summed E-state index contributed by atoms with van der Waals surface area (Å²) < 4.78 is 7.94. The molecular formula is C11H10NOS+. The van der Waals surface area contributed by atoms with Crippen molar-refractivity contribution in [3.05, 3.63) is 29.3 Å². The van der Waals surface area contributed by atoms with E-state index in [1.807, 2.05) is 18.2 Å². The number of rotatable bonds is 0. The molecule has 0 aliphatic rings. The molecule has 0 fully saturated rings. The molecule has 0 unspecified atom stereocenters. The van der Waals surface area contributed by atoms with Crippen LogP contribution in [-0.2, 0) is 7.05 Å². The molecule has 2 aromatic heterocycles. The second kappa shape index (κ2) is 2.58. The van der Waals surface area contributed by atoms with Crippen molar-refractivity contribution in [3.63, 3.8) is 0 Å². The minimum absolute atomic E-state index is 0.976. The molecule has 2 heterocycles. The highest BCUT2D eigenvalue weighted by atomic mass is 32.1. The van der Waals surface area contributed by atoms with Crippen molar-refractivity contribution in [2.45, 2.75) is 6.92 Å². The number of aryl methyl sites for hydroxylation is 2. The van der Waals surface area contributed by atoms with Crippen LogP contribution in [0, 0.1) is 6.92 Å². The summed E-state index contributed by atoms with van der Waals surface area (Å²) in [6.07, 6.45) is 0. The van der Waals surface area contributed by atoms with Gasteiger partial charge in [-0.15, -0.1) is 0 Å². The number of hydrogen-bond donors (Lipinski definition) is 0. The molecule has 0 bridgehead atoms. The number of fused-ring (bicyclic) bond motifs is 3. The molecule has 0 aliphatic heterocycles. The fourth-order valence-corrected chi connectivity index (χ4v) is 2.73. The van der Waals surface area contributed by atoms with Gasteiger partial charge < -0.3 is 4.42 Å². The minimum atomic E-state index is 0.976. The summed E-state index contributed by atoms with van der Waals surface area (Å²) in [5.41, 5.74) is 2.19. The molecule has 0 saturated carbocycles. The van der Waals surface area contributed by atoms with Crippen LogP contribution in [0.25, 0.3) is 21.4 Å². The van der Waals surface area contributed by atoms with Crippen molar-refractivity contribution in [1.82, 2.24) is 0 Å². The van der Waals surface area contributed by atoms with E-state index in [9.17, 15) is 0 Å². The predicted molar refractivity (Wildman–Crippen MR) is 57.5 cm³/mol. The van der Waals surface area contributed by atoms with Gasteiger partial charge in [0.1, 0.15) is 12.6 Å². The van der Waals surface area contributed by atoms with Gasteiger partial charge >= 0.3 is 0 Å². The molecule has 0 saturated heterocycles. The first-order chi connectivity index (χ1) is 6.77.